The first-order chi connectivity index (χ1) is 17.5. The molecule has 182 valence electrons. The van der Waals surface area contributed by atoms with Gasteiger partial charge in [0.05, 0.1) is 24.0 Å². The molecule has 0 radical (unpaired) electrons. The summed E-state index contributed by atoms with van der Waals surface area (Å²) in [6, 6.07) is 27.3. The summed E-state index contributed by atoms with van der Waals surface area (Å²) in [5, 5.41) is 5.85. The van der Waals surface area contributed by atoms with Crippen LogP contribution in [0.25, 0.3) is 10.8 Å². The standard InChI is InChI=1S/C30H28N2O4/c1-19-15-16-22(17-25(19)30(34)35-3)32-26-13-6-7-14-27(26)36-28(29(32)33)18-31-20(2)23-12-8-10-21-9-4-5-11-24(21)23/h4-17,20,28,31H,18H2,1-3H3/t20-,28?/m1/s1. The van der Waals surface area contributed by atoms with E-state index >= 15 is 0 Å². The van der Waals surface area contributed by atoms with E-state index in [-0.39, 0.29) is 11.9 Å². The van der Waals surface area contributed by atoms with E-state index in [0.29, 0.717) is 29.2 Å². The van der Waals surface area contributed by atoms with Crippen molar-refractivity contribution in [3.05, 3.63) is 102 Å². The molecule has 0 bridgehead atoms. The van der Waals surface area contributed by atoms with E-state index < -0.39 is 12.1 Å². The fraction of sp³-hybridized carbons (Fsp3) is 0.200. The molecule has 1 aliphatic rings. The van der Waals surface area contributed by atoms with Gasteiger partial charge in [-0.15, -0.1) is 0 Å². The monoisotopic (exact) mass is 480 g/mol. The SMILES string of the molecule is COC(=O)c1cc(N2C(=O)C(CN[C@H](C)c3cccc4ccccc34)Oc3ccccc32)ccc1C. The molecule has 0 saturated heterocycles. The van der Waals surface area contributed by atoms with Crippen LogP contribution >= 0.6 is 0 Å². The number of methoxy groups -OCH3 is 1. The Bertz CT molecular complexity index is 1440. The van der Waals surface area contributed by atoms with Gasteiger partial charge in [0, 0.05) is 12.6 Å². The topological polar surface area (TPSA) is 67.9 Å². The van der Waals surface area contributed by atoms with Gasteiger partial charge in [0.15, 0.2) is 6.10 Å². The maximum atomic E-state index is 13.7. The third-order valence-electron chi connectivity index (χ3n) is 6.66. The highest BCUT2D eigenvalue weighted by Gasteiger charge is 2.36. The Morgan fingerprint density at radius 3 is 2.61 bits per heavy atom. The van der Waals surface area contributed by atoms with Gasteiger partial charge in [0.2, 0.25) is 0 Å². The zero-order valence-corrected chi connectivity index (χ0v) is 20.5. The van der Waals surface area contributed by atoms with Crippen LogP contribution in [0, 0.1) is 6.92 Å². The van der Waals surface area contributed by atoms with Crippen molar-refractivity contribution in [2.75, 3.05) is 18.6 Å². The highest BCUT2D eigenvalue weighted by atomic mass is 16.5. The lowest BCUT2D eigenvalue weighted by molar-refractivity contribution is -0.125. The van der Waals surface area contributed by atoms with Gasteiger partial charge in [-0.05, 0) is 60.0 Å². The molecule has 0 saturated carbocycles. The van der Waals surface area contributed by atoms with Crippen LogP contribution in [-0.4, -0.2) is 31.6 Å². The van der Waals surface area contributed by atoms with Crippen LogP contribution in [0.2, 0.25) is 0 Å². The van der Waals surface area contributed by atoms with Crippen molar-refractivity contribution >= 4 is 34.0 Å². The Morgan fingerprint density at radius 2 is 1.78 bits per heavy atom. The van der Waals surface area contributed by atoms with Gasteiger partial charge >= 0.3 is 5.97 Å². The average Bonchev–Trinajstić information content (AvgIpc) is 2.91. The number of amides is 1. The highest BCUT2D eigenvalue weighted by Crippen LogP contribution is 2.39. The number of nitrogens with zero attached hydrogens (tertiary/aromatic N) is 1. The molecule has 0 fully saturated rings. The van der Waals surface area contributed by atoms with Gasteiger partial charge < -0.3 is 14.8 Å². The number of hydrogen-bond acceptors (Lipinski definition) is 5. The fourth-order valence-corrected chi connectivity index (χ4v) is 4.70. The van der Waals surface area contributed by atoms with Crippen LogP contribution in [-0.2, 0) is 9.53 Å². The number of nitrogens with one attached hydrogen (secondary N) is 1. The molecule has 0 aliphatic carbocycles. The quantitative estimate of drug-likeness (QED) is 0.358. The van der Waals surface area contributed by atoms with Gasteiger partial charge in [0.1, 0.15) is 5.75 Å². The lowest BCUT2D eigenvalue weighted by atomic mass is 9.99. The van der Waals surface area contributed by atoms with E-state index in [4.69, 9.17) is 9.47 Å². The minimum absolute atomic E-state index is 0.00317. The van der Waals surface area contributed by atoms with Gasteiger partial charge in [-0.2, -0.15) is 0 Å². The van der Waals surface area contributed by atoms with E-state index in [1.54, 1.807) is 11.0 Å². The first-order valence-electron chi connectivity index (χ1n) is 12.0. The minimum Gasteiger partial charge on any atom is -0.477 e. The molecule has 0 aromatic heterocycles. The molecule has 4 aromatic carbocycles. The largest absolute Gasteiger partial charge is 0.477 e. The predicted octanol–water partition coefficient (Wildman–Crippen LogP) is 5.71. The number of para-hydroxylation sites is 2. The number of aryl methyl sites for hydroxylation is 1. The van der Waals surface area contributed by atoms with Crippen molar-refractivity contribution < 1.29 is 19.1 Å². The van der Waals surface area contributed by atoms with Crippen molar-refractivity contribution in [1.29, 1.82) is 0 Å². The summed E-state index contributed by atoms with van der Waals surface area (Å²) in [4.78, 5) is 27.7. The van der Waals surface area contributed by atoms with E-state index in [9.17, 15) is 9.59 Å². The summed E-state index contributed by atoms with van der Waals surface area (Å²) in [5.74, 6) is -0.0293. The average molecular weight is 481 g/mol. The third kappa shape index (κ3) is 4.32. The molecule has 1 heterocycles. The van der Waals surface area contributed by atoms with Gasteiger partial charge in [-0.25, -0.2) is 4.79 Å². The van der Waals surface area contributed by atoms with E-state index in [1.807, 2.05) is 61.5 Å². The number of anilines is 2. The maximum Gasteiger partial charge on any atom is 0.338 e. The maximum absolute atomic E-state index is 13.7. The molecule has 36 heavy (non-hydrogen) atoms. The second kappa shape index (κ2) is 9.84. The van der Waals surface area contributed by atoms with Crippen LogP contribution in [0.1, 0.15) is 34.5 Å². The Hall–Kier alpha value is -4.16. The number of esters is 1. The van der Waals surface area contributed by atoms with Gasteiger partial charge in [-0.3, -0.25) is 9.69 Å². The van der Waals surface area contributed by atoms with Crippen molar-refractivity contribution in [3.8, 4) is 5.75 Å². The van der Waals surface area contributed by atoms with Crippen LogP contribution in [0.4, 0.5) is 11.4 Å². The number of rotatable bonds is 6. The zero-order chi connectivity index (χ0) is 25.2. The first kappa shape index (κ1) is 23.6. The summed E-state index contributed by atoms with van der Waals surface area (Å²) in [6.45, 7) is 4.25. The molecule has 5 rings (SSSR count). The second-order valence-electron chi connectivity index (χ2n) is 8.94. The fourth-order valence-electron chi connectivity index (χ4n) is 4.70. The summed E-state index contributed by atoms with van der Waals surface area (Å²) < 4.78 is 11.1. The summed E-state index contributed by atoms with van der Waals surface area (Å²) >= 11 is 0. The van der Waals surface area contributed by atoms with E-state index in [1.165, 1.54) is 17.9 Å². The Labute approximate surface area is 210 Å². The summed E-state index contributed by atoms with van der Waals surface area (Å²) in [7, 11) is 1.35. The molecule has 6 heteroatoms. The van der Waals surface area contributed by atoms with Crippen molar-refractivity contribution in [3.63, 3.8) is 0 Å². The molecule has 1 aliphatic heterocycles. The lowest BCUT2D eigenvalue weighted by Crippen LogP contribution is -2.48. The Morgan fingerprint density at radius 1 is 1.03 bits per heavy atom. The van der Waals surface area contributed by atoms with Gasteiger partial charge in [-0.1, -0.05) is 60.7 Å². The Balaban J connectivity index is 1.44. The van der Waals surface area contributed by atoms with Crippen molar-refractivity contribution in [1.82, 2.24) is 5.32 Å². The first-order valence-corrected chi connectivity index (χ1v) is 12.0. The van der Waals surface area contributed by atoms with Gasteiger partial charge in [0.25, 0.3) is 5.91 Å². The molecule has 1 N–H and O–H groups in total. The number of carbonyl (C=O) groups excluding carboxylic acids is 2. The second-order valence-corrected chi connectivity index (χ2v) is 8.94. The number of benzene rings is 4. The van der Waals surface area contributed by atoms with Crippen LogP contribution < -0.4 is 15.0 Å². The Kier molecular flexibility index (Phi) is 6.44. The van der Waals surface area contributed by atoms with Crippen LogP contribution in [0.15, 0.2) is 84.9 Å². The molecular formula is C30H28N2O4. The zero-order valence-electron chi connectivity index (χ0n) is 20.5. The number of fused-ring (bicyclic) bond motifs is 2. The lowest BCUT2D eigenvalue weighted by Gasteiger charge is -2.35. The molecular weight excluding hydrogens is 452 g/mol. The summed E-state index contributed by atoms with van der Waals surface area (Å²) in [5.41, 5.74) is 3.59. The van der Waals surface area contributed by atoms with Crippen LogP contribution in [0.3, 0.4) is 0 Å². The molecule has 6 nitrogen and oxygen atoms in total. The van der Waals surface area contributed by atoms with Crippen molar-refractivity contribution in [2.24, 2.45) is 0 Å². The molecule has 1 unspecified atom stereocenters. The normalized spacial score (nSPS) is 15.8. The number of hydrogen-bond donors (Lipinski definition) is 1. The predicted molar refractivity (Wildman–Crippen MR) is 141 cm³/mol. The summed E-state index contributed by atoms with van der Waals surface area (Å²) in [6.07, 6.45) is -0.736. The molecule has 0 spiro atoms. The van der Waals surface area contributed by atoms with Crippen molar-refractivity contribution in [2.45, 2.75) is 26.0 Å². The number of carbonyl (C=O) groups is 2. The third-order valence-corrected chi connectivity index (χ3v) is 6.66. The van der Waals surface area contributed by atoms with E-state index in [0.717, 1.165) is 11.1 Å². The minimum atomic E-state index is -0.736. The van der Waals surface area contributed by atoms with Crippen LogP contribution in [0.5, 0.6) is 5.75 Å². The molecule has 4 aromatic rings. The molecule has 2 atom stereocenters. The highest BCUT2D eigenvalue weighted by molar-refractivity contribution is 6.07. The number of ether oxygens (including phenoxy) is 2. The molecule has 1 amide bonds. The smallest absolute Gasteiger partial charge is 0.338 e. The van der Waals surface area contributed by atoms with E-state index in [2.05, 4.69) is 36.5 Å².